The Morgan fingerprint density at radius 2 is 2.07 bits per heavy atom. The average molecular weight is 192 g/mol. The zero-order valence-corrected chi connectivity index (χ0v) is 8.53. The first kappa shape index (κ1) is 9.40. The summed E-state index contributed by atoms with van der Waals surface area (Å²) in [6.45, 7) is 4.63. The zero-order valence-electron chi connectivity index (χ0n) is 8.53. The minimum absolute atomic E-state index is 0.490. The van der Waals surface area contributed by atoms with Crippen molar-refractivity contribution in [2.45, 2.75) is 26.3 Å². The highest BCUT2D eigenvalue weighted by Gasteiger charge is 2.15. The van der Waals surface area contributed by atoms with Crippen molar-refractivity contribution in [3.8, 4) is 0 Å². The van der Waals surface area contributed by atoms with Gasteiger partial charge in [-0.05, 0) is 25.8 Å². The Morgan fingerprint density at radius 3 is 2.71 bits per heavy atom. The number of nitrogens with zero attached hydrogens (tertiary/aromatic N) is 3. The Morgan fingerprint density at radius 1 is 1.36 bits per heavy atom. The highest BCUT2D eigenvalue weighted by Crippen LogP contribution is 2.16. The van der Waals surface area contributed by atoms with E-state index >= 15 is 0 Å². The van der Waals surface area contributed by atoms with E-state index in [1.54, 1.807) is 0 Å². The zero-order chi connectivity index (χ0) is 9.97. The molecule has 0 spiro atoms. The summed E-state index contributed by atoms with van der Waals surface area (Å²) in [5, 5.41) is 0. The highest BCUT2D eigenvalue weighted by atomic mass is 15.3. The predicted octanol–water partition coefficient (Wildman–Crippen LogP) is 0.844. The molecule has 1 aromatic heterocycles. The van der Waals surface area contributed by atoms with Crippen LogP contribution in [0.2, 0.25) is 0 Å². The maximum Gasteiger partial charge on any atom is 0.225 e. The van der Waals surface area contributed by atoms with Gasteiger partial charge in [-0.3, -0.25) is 0 Å². The molecule has 2 heterocycles. The largest absolute Gasteiger partial charge is 0.341 e. The van der Waals surface area contributed by atoms with Gasteiger partial charge in [-0.2, -0.15) is 0 Å². The summed E-state index contributed by atoms with van der Waals surface area (Å²) < 4.78 is 0. The van der Waals surface area contributed by atoms with Crippen LogP contribution in [0.25, 0.3) is 0 Å². The van der Waals surface area contributed by atoms with E-state index in [2.05, 4.69) is 14.9 Å². The smallest absolute Gasteiger partial charge is 0.225 e. The fourth-order valence-corrected chi connectivity index (χ4v) is 1.78. The molecule has 0 atom stereocenters. The van der Waals surface area contributed by atoms with E-state index in [1.807, 2.05) is 13.0 Å². The number of anilines is 1. The van der Waals surface area contributed by atoms with Gasteiger partial charge in [0, 0.05) is 25.3 Å². The molecule has 2 N–H and O–H groups in total. The van der Waals surface area contributed by atoms with E-state index in [-0.39, 0.29) is 0 Å². The Balaban J connectivity index is 2.27. The van der Waals surface area contributed by atoms with Crippen molar-refractivity contribution < 1.29 is 0 Å². The summed E-state index contributed by atoms with van der Waals surface area (Å²) in [5.74, 6) is 0.850. The number of nitrogens with two attached hydrogens (primary N) is 1. The van der Waals surface area contributed by atoms with Crippen LogP contribution in [-0.4, -0.2) is 23.1 Å². The van der Waals surface area contributed by atoms with Crippen molar-refractivity contribution >= 4 is 5.95 Å². The quantitative estimate of drug-likeness (QED) is 0.754. The second-order valence-electron chi connectivity index (χ2n) is 3.70. The van der Waals surface area contributed by atoms with E-state index < -0.39 is 0 Å². The SMILES string of the molecule is Cc1cc(CN)nc(N2CCCC2)n1. The lowest BCUT2D eigenvalue weighted by Crippen LogP contribution is -2.21. The minimum atomic E-state index is 0.490. The minimum Gasteiger partial charge on any atom is -0.341 e. The lowest BCUT2D eigenvalue weighted by molar-refractivity contribution is 0.857. The average Bonchev–Trinajstić information content (AvgIpc) is 2.69. The monoisotopic (exact) mass is 192 g/mol. The molecule has 0 bridgehead atoms. The van der Waals surface area contributed by atoms with Gasteiger partial charge in [-0.15, -0.1) is 0 Å². The standard InChI is InChI=1S/C10H16N4/c1-8-6-9(7-11)13-10(12-8)14-4-2-3-5-14/h6H,2-5,7,11H2,1H3. The molecule has 4 nitrogen and oxygen atoms in total. The molecular weight excluding hydrogens is 176 g/mol. The van der Waals surface area contributed by atoms with Crippen LogP contribution < -0.4 is 10.6 Å². The number of hydrogen-bond donors (Lipinski definition) is 1. The van der Waals surface area contributed by atoms with Gasteiger partial charge in [0.2, 0.25) is 5.95 Å². The first-order valence-corrected chi connectivity index (χ1v) is 5.09. The molecule has 1 fully saturated rings. The van der Waals surface area contributed by atoms with E-state index in [9.17, 15) is 0 Å². The molecule has 0 radical (unpaired) electrons. The van der Waals surface area contributed by atoms with Gasteiger partial charge in [0.15, 0.2) is 0 Å². The second kappa shape index (κ2) is 3.92. The molecule has 0 saturated carbocycles. The molecule has 0 aliphatic carbocycles. The molecule has 0 unspecified atom stereocenters. The van der Waals surface area contributed by atoms with Crippen LogP contribution in [0.4, 0.5) is 5.95 Å². The van der Waals surface area contributed by atoms with Crippen LogP contribution in [0.5, 0.6) is 0 Å². The maximum absolute atomic E-state index is 5.58. The fraction of sp³-hybridized carbons (Fsp3) is 0.600. The van der Waals surface area contributed by atoms with E-state index in [0.29, 0.717) is 6.54 Å². The second-order valence-corrected chi connectivity index (χ2v) is 3.70. The Bertz CT molecular complexity index is 318. The fourth-order valence-electron chi connectivity index (χ4n) is 1.78. The number of aryl methyl sites for hydroxylation is 1. The van der Waals surface area contributed by atoms with Gasteiger partial charge >= 0.3 is 0 Å². The van der Waals surface area contributed by atoms with Crippen LogP contribution in [0.1, 0.15) is 24.2 Å². The molecule has 1 saturated heterocycles. The molecule has 2 rings (SSSR count). The van der Waals surface area contributed by atoms with Gasteiger partial charge in [-0.25, -0.2) is 9.97 Å². The van der Waals surface area contributed by atoms with Crippen molar-refractivity contribution in [2.24, 2.45) is 5.73 Å². The highest BCUT2D eigenvalue weighted by molar-refractivity contribution is 5.33. The molecule has 0 amide bonds. The van der Waals surface area contributed by atoms with Gasteiger partial charge in [-0.1, -0.05) is 0 Å². The van der Waals surface area contributed by atoms with Gasteiger partial charge in [0.25, 0.3) is 0 Å². The number of rotatable bonds is 2. The molecule has 14 heavy (non-hydrogen) atoms. The maximum atomic E-state index is 5.58. The van der Waals surface area contributed by atoms with Crippen LogP contribution >= 0.6 is 0 Å². The van der Waals surface area contributed by atoms with Crippen molar-refractivity contribution in [1.29, 1.82) is 0 Å². The van der Waals surface area contributed by atoms with Crippen LogP contribution in [0.3, 0.4) is 0 Å². The van der Waals surface area contributed by atoms with Gasteiger partial charge in [0.05, 0.1) is 5.69 Å². The third-order valence-corrected chi connectivity index (χ3v) is 2.49. The van der Waals surface area contributed by atoms with Crippen LogP contribution in [-0.2, 0) is 6.54 Å². The molecule has 1 aromatic rings. The van der Waals surface area contributed by atoms with Crippen LogP contribution in [0.15, 0.2) is 6.07 Å². The molecule has 1 aliphatic rings. The third-order valence-electron chi connectivity index (χ3n) is 2.49. The Hall–Kier alpha value is -1.16. The third kappa shape index (κ3) is 1.85. The van der Waals surface area contributed by atoms with Crippen molar-refractivity contribution in [3.63, 3.8) is 0 Å². The Labute approximate surface area is 84.2 Å². The lowest BCUT2D eigenvalue weighted by Gasteiger charge is -2.15. The van der Waals surface area contributed by atoms with E-state index in [0.717, 1.165) is 30.4 Å². The normalized spacial score (nSPS) is 16.3. The molecule has 1 aliphatic heterocycles. The predicted molar refractivity (Wildman–Crippen MR) is 56.1 cm³/mol. The van der Waals surface area contributed by atoms with Gasteiger partial charge < -0.3 is 10.6 Å². The van der Waals surface area contributed by atoms with Gasteiger partial charge in [0.1, 0.15) is 0 Å². The summed E-state index contributed by atoms with van der Waals surface area (Å²) >= 11 is 0. The van der Waals surface area contributed by atoms with E-state index in [4.69, 9.17) is 5.73 Å². The first-order chi connectivity index (χ1) is 6.79. The molecular formula is C10H16N4. The van der Waals surface area contributed by atoms with E-state index in [1.165, 1.54) is 12.8 Å². The molecule has 76 valence electrons. The molecule has 4 heteroatoms. The van der Waals surface area contributed by atoms with Crippen molar-refractivity contribution in [1.82, 2.24) is 9.97 Å². The summed E-state index contributed by atoms with van der Waals surface area (Å²) in [4.78, 5) is 11.1. The molecule has 0 aromatic carbocycles. The van der Waals surface area contributed by atoms with Crippen LogP contribution in [0, 0.1) is 6.92 Å². The Kier molecular flexibility index (Phi) is 2.63. The number of hydrogen-bond acceptors (Lipinski definition) is 4. The summed E-state index contributed by atoms with van der Waals surface area (Å²) in [7, 11) is 0. The summed E-state index contributed by atoms with van der Waals surface area (Å²) in [6, 6.07) is 1.94. The first-order valence-electron chi connectivity index (χ1n) is 5.09. The topological polar surface area (TPSA) is 55.0 Å². The lowest BCUT2D eigenvalue weighted by atomic mass is 10.3. The summed E-state index contributed by atoms with van der Waals surface area (Å²) in [6.07, 6.45) is 2.49. The number of aromatic nitrogens is 2. The van der Waals surface area contributed by atoms with Crippen molar-refractivity contribution in [2.75, 3.05) is 18.0 Å². The summed E-state index contributed by atoms with van der Waals surface area (Å²) in [5.41, 5.74) is 7.51. The van der Waals surface area contributed by atoms with Crippen molar-refractivity contribution in [3.05, 3.63) is 17.5 Å².